The van der Waals surface area contributed by atoms with E-state index in [1.54, 1.807) is 11.3 Å². The highest BCUT2D eigenvalue weighted by molar-refractivity contribution is 7.13. The number of amides is 1. The van der Waals surface area contributed by atoms with Crippen LogP contribution in [0.5, 0.6) is 0 Å². The highest BCUT2D eigenvalue weighted by atomic mass is 32.1. The van der Waals surface area contributed by atoms with Gasteiger partial charge in [-0.25, -0.2) is 4.98 Å². The minimum absolute atomic E-state index is 0.178. The van der Waals surface area contributed by atoms with E-state index in [4.69, 9.17) is 5.73 Å². The minimum Gasteiger partial charge on any atom is -0.370 e. The highest BCUT2D eigenvalue weighted by Crippen LogP contribution is 2.26. The number of hydrogen-bond donors (Lipinski definition) is 1. The second-order valence-corrected chi connectivity index (χ2v) is 4.79. The maximum atomic E-state index is 10.8. The van der Waals surface area contributed by atoms with Crippen LogP contribution in [0.25, 0.3) is 0 Å². The molecule has 1 fully saturated rings. The molecule has 82 valence electrons. The molecule has 4 nitrogen and oxygen atoms in total. The Kier molecular flexibility index (Phi) is 3.20. The number of aromatic nitrogens is 1. The Morgan fingerprint density at radius 1 is 1.60 bits per heavy atom. The molecule has 5 heteroatoms. The Balaban J connectivity index is 1.84. The van der Waals surface area contributed by atoms with Gasteiger partial charge in [0.1, 0.15) is 0 Å². The molecule has 1 aliphatic heterocycles. The molecule has 1 saturated heterocycles. The van der Waals surface area contributed by atoms with Crippen molar-refractivity contribution >= 4 is 22.4 Å². The summed E-state index contributed by atoms with van der Waals surface area (Å²) in [6.07, 6.45) is 4.45. The van der Waals surface area contributed by atoms with Crippen LogP contribution in [0, 0.1) is 5.92 Å². The summed E-state index contributed by atoms with van der Waals surface area (Å²) in [5.74, 6) is 0.293. The Labute approximate surface area is 93.1 Å². The second kappa shape index (κ2) is 4.61. The Bertz CT molecular complexity index is 317. The van der Waals surface area contributed by atoms with E-state index in [1.165, 1.54) is 0 Å². The average Bonchev–Trinajstić information content (AvgIpc) is 2.71. The van der Waals surface area contributed by atoms with Gasteiger partial charge in [-0.3, -0.25) is 4.79 Å². The standard InChI is InChI=1S/C10H15N3OS/c11-9(14)7-8-1-4-13(5-2-8)10-12-3-6-15-10/h3,6,8H,1-2,4-5,7H2,(H2,11,14). The fourth-order valence-corrected chi connectivity index (χ4v) is 2.68. The fraction of sp³-hybridized carbons (Fsp3) is 0.600. The van der Waals surface area contributed by atoms with E-state index < -0.39 is 0 Å². The molecule has 1 aromatic heterocycles. The monoisotopic (exact) mass is 225 g/mol. The summed E-state index contributed by atoms with van der Waals surface area (Å²) in [4.78, 5) is 17.3. The molecule has 2 heterocycles. The molecule has 15 heavy (non-hydrogen) atoms. The first kappa shape index (κ1) is 10.4. The molecular weight excluding hydrogens is 210 g/mol. The molecule has 0 atom stereocenters. The van der Waals surface area contributed by atoms with Gasteiger partial charge in [-0.05, 0) is 18.8 Å². The maximum absolute atomic E-state index is 10.8. The van der Waals surface area contributed by atoms with Gasteiger partial charge in [0.2, 0.25) is 5.91 Å². The summed E-state index contributed by atoms with van der Waals surface area (Å²) < 4.78 is 0. The maximum Gasteiger partial charge on any atom is 0.217 e. The van der Waals surface area contributed by atoms with Gasteiger partial charge in [0, 0.05) is 31.1 Å². The van der Waals surface area contributed by atoms with Gasteiger partial charge >= 0.3 is 0 Å². The lowest BCUT2D eigenvalue weighted by Crippen LogP contribution is -2.34. The zero-order valence-corrected chi connectivity index (χ0v) is 9.37. The molecule has 0 aliphatic carbocycles. The third-order valence-electron chi connectivity index (χ3n) is 2.79. The second-order valence-electron chi connectivity index (χ2n) is 3.92. The molecule has 1 aromatic rings. The number of hydrogen-bond acceptors (Lipinski definition) is 4. The molecule has 0 radical (unpaired) electrons. The molecule has 0 bridgehead atoms. The Morgan fingerprint density at radius 3 is 2.87 bits per heavy atom. The van der Waals surface area contributed by atoms with Crippen LogP contribution in [0.4, 0.5) is 5.13 Å². The number of piperidine rings is 1. The fourth-order valence-electron chi connectivity index (χ4n) is 1.98. The van der Waals surface area contributed by atoms with Crippen molar-refractivity contribution in [3.05, 3.63) is 11.6 Å². The SMILES string of the molecule is NC(=O)CC1CCN(c2nccs2)CC1. The van der Waals surface area contributed by atoms with Crippen LogP contribution in [-0.2, 0) is 4.79 Å². The summed E-state index contributed by atoms with van der Waals surface area (Å²) in [6.45, 7) is 1.98. The zero-order valence-electron chi connectivity index (χ0n) is 8.56. The number of anilines is 1. The molecule has 1 aliphatic rings. The third-order valence-corrected chi connectivity index (χ3v) is 3.63. The molecule has 2 rings (SSSR count). The number of nitrogens with zero attached hydrogens (tertiary/aromatic N) is 2. The summed E-state index contributed by atoms with van der Waals surface area (Å²) >= 11 is 1.67. The Hall–Kier alpha value is -1.10. The molecule has 2 N–H and O–H groups in total. The van der Waals surface area contributed by atoms with E-state index in [0.717, 1.165) is 31.1 Å². The van der Waals surface area contributed by atoms with Crippen molar-refractivity contribution in [2.75, 3.05) is 18.0 Å². The van der Waals surface area contributed by atoms with Gasteiger partial charge in [-0.1, -0.05) is 0 Å². The van der Waals surface area contributed by atoms with E-state index in [1.807, 2.05) is 11.6 Å². The summed E-state index contributed by atoms with van der Waals surface area (Å²) in [7, 11) is 0. The van der Waals surface area contributed by atoms with Gasteiger partial charge in [0.25, 0.3) is 0 Å². The number of carbonyl (C=O) groups excluding carboxylic acids is 1. The quantitative estimate of drug-likeness (QED) is 0.841. The van der Waals surface area contributed by atoms with Crippen LogP contribution in [0.1, 0.15) is 19.3 Å². The van der Waals surface area contributed by atoms with Gasteiger partial charge in [0.05, 0.1) is 0 Å². The molecule has 0 spiro atoms. The molecule has 0 unspecified atom stereocenters. The highest BCUT2D eigenvalue weighted by Gasteiger charge is 2.21. The zero-order chi connectivity index (χ0) is 10.7. The van der Waals surface area contributed by atoms with E-state index in [0.29, 0.717) is 12.3 Å². The number of primary amides is 1. The van der Waals surface area contributed by atoms with Crippen LogP contribution < -0.4 is 10.6 Å². The first-order valence-corrected chi connectivity index (χ1v) is 6.06. The lowest BCUT2D eigenvalue weighted by molar-refractivity contribution is -0.119. The predicted molar refractivity (Wildman–Crippen MR) is 60.9 cm³/mol. The van der Waals surface area contributed by atoms with Crippen molar-refractivity contribution in [1.82, 2.24) is 4.98 Å². The van der Waals surface area contributed by atoms with Crippen LogP contribution >= 0.6 is 11.3 Å². The lowest BCUT2D eigenvalue weighted by Gasteiger charge is -2.31. The summed E-state index contributed by atoms with van der Waals surface area (Å²) in [5, 5.41) is 3.08. The van der Waals surface area contributed by atoms with Crippen LogP contribution in [0.15, 0.2) is 11.6 Å². The van der Waals surface area contributed by atoms with E-state index >= 15 is 0 Å². The molecule has 0 saturated carbocycles. The van der Waals surface area contributed by atoms with Crippen LogP contribution in [-0.4, -0.2) is 24.0 Å². The normalized spacial score (nSPS) is 18.0. The van der Waals surface area contributed by atoms with Gasteiger partial charge in [-0.2, -0.15) is 0 Å². The van der Waals surface area contributed by atoms with Crippen molar-refractivity contribution in [1.29, 1.82) is 0 Å². The van der Waals surface area contributed by atoms with Crippen molar-refractivity contribution in [2.24, 2.45) is 11.7 Å². The first-order chi connectivity index (χ1) is 7.25. The van der Waals surface area contributed by atoms with Gasteiger partial charge in [0.15, 0.2) is 5.13 Å². The molecular formula is C10H15N3OS. The van der Waals surface area contributed by atoms with Gasteiger partial charge < -0.3 is 10.6 Å². The predicted octanol–water partition coefficient (Wildman–Crippen LogP) is 1.23. The van der Waals surface area contributed by atoms with E-state index in [-0.39, 0.29) is 5.91 Å². The lowest BCUT2D eigenvalue weighted by atomic mass is 9.94. The van der Waals surface area contributed by atoms with Crippen molar-refractivity contribution < 1.29 is 4.79 Å². The molecule has 0 aromatic carbocycles. The number of carbonyl (C=O) groups is 1. The first-order valence-electron chi connectivity index (χ1n) is 5.18. The van der Waals surface area contributed by atoms with Crippen molar-refractivity contribution in [3.8, 4) is 0 Å². The summed E-state index contributed by atoms with van der Waals surface area (Å²) in [6, 6.07) is 0. The van der Waals surface area contributed by atoms with Crippen LogP contribution in [0.3, 0.4) is 0 Å². The average molecular weight is 225 g/mol. The summed E-state index contributed by atoms with van der Waals surface area (Å²) in [5.41, 5.74) is 5.19. The van der Waals surface area contributed by atoms with Crippen molar-refractivity contribution in [3.63, 3.8) is 0 Å². The number of rotatable bonds is 3. The largest absolute Gasteiger partial charge is 0.370 e. The topological polar surface area (TPSA) is 59.2 Å². The van der Waals surface area contributed by atoms with Gasteiger partial charge in [-0.15, -0.1) is 11.3 Å². The minimum atomic E-state index is -0.178. The van der Waals surface area contributed by atoms with Crippen LogP contribution in [0.2, 0.25) is 0 Å². The van der Waals surface area contributed by atoms with E-state index in [2.05, 4.69) is 9.88 Å². The third kappa shape index (κ3) is 2.68. The molecule has 1 amide bonds. The smallest absolute Gasteiger partial charge is 0.217 e. The van der Waals surface area contributed by atoms with Crippen molar-refractivity contribution in [2.45, 2.75) is 19.3 Å². The number of thiazole rings is 1. The number of nitrogens with two attached hydrogens (primary N) is 1. The Morgan fingerprint density at radius 2 is 2.33 bits per heavy atom. The van der Waals surface area contributed by atoms with E-state index in [9.17, 15) is 4.79 Å².